The molecule has 0 radical (unpaired) electrons. The quantitative estimate of drug-likeness (QED) is 0.283. The van der Waals surface area contributed by atoms with Crippen LogP contribution in [0.25, 0.3) is 0 Å². The lowest BCUT2D eigenvalue weighted by Gasteiger charge is -2.33. The molecule has 43 heavy (non-hydrogen) atoms. The number of carbonyl (C=O) groups is 2. The molecule has 0 aromatic heterocycles. The van der Waals surface area contributed by atoms with Gasteiger partial charge in [0.1, 0.15) is 18.3 Å². The molecule has 1 aliphatic rings. The lowest BCUT2D eigenvalue weighted by molar-refractivity contribution is -0.139. The van der Waals surface area contributed by atoms with Crippen LogP contribution < -0.4 is 14.4 Å². The van der Waals surface area contributed by atoms with Crippen molar-refractivity contribution in [2.75, 3.05) is 17.5 Å². The Morgan fingerprint density at radius 3 is 2.21 bits per heavy atom. The number of hydrogen-bond acceptors (Lipinski definition) is 5. The van der Waals surface area contributed by atoms with Gasteiger partial charge in [-0.25, -0.2) is 8.42 Å². The minimum atomic E-state index is -4.15. The van der Waals surface area contributed by atoms with Gasteiger partial charge in [-0.3, -0.25) is 13.9 Å². The third kappa shape index (κ3) is 8.16. The number of amides is 2. The maximum atomic E-state index is 14.2. The Morgan fingerprint density at radius 1 is 0.930 bits per heavy atom. The molecule has 0 bridgehead atoms. The Bertz CT molecular complexity index is 1480. The molecular formula is C34H43N3O5S. The van der Waals surface area contributed by atoms with E-state index in [1.54, 1.807) is 31.2 Å². The van der Waals surface area contributed by atoms with Gasteiger partial charge in [-0.1, -0.05) is 61.2 Å². The summed E-state index contributed by atoms with van der Waals surface area (Å²) in [6.45, 7) is 7.61. The van der Waals surface area contributed by atoms with E-state index in [2.05, 4.69) is 5.32 Å². The number of aryl methyl sites for hydroxylation is 2. The molecule has 1 saturated carbocycles. The molecule has 1 fully saturated rings. The topological polar surface area (TPSA) is 96.0 Å². The van der Waals surface area contributed by atoms with Crippen molar-refractivity contribution < 1.29 is 22.7 Å². The summed E-state index contributed by atoms with van der Waals surface area (Å²) in [5.74, 6) is -0.142. The molecular weight excluding hydrogens is 562 g/mol. The van der Waals surface area contributed by atoms with E-state index in [0.29, 0.717) is 18.0 Å². The van der Waals surface area contributed by atoms with E-state index in [1.807, 2.05) is 57.2 Å². The van der Waals surface area contributed by atoms with Crippen LogP contribution >= 0.6 is 0 Å². The van der Waals surface area contributed by atoms with Crippen LogP contribution in [-0.2, 0) is 26.2 Å². The first-order valence-electron chi connectivity index (χ1n) is 15.1. The molecule has 3 aromatic carbocycles. The molecule has 0 saturated heterocycles. The monoisotopic (exact) mass is 605 g/mol. The van der Waals surface area contributed by atoms with Crippen molar-refractivity contribution in [2.45, 2.75) is 83.3 Å². The third-order valence-corrected chi connectivity index (χ3v) is 9.83. The fourth-order valence-corrected chi connectivity index (χ4v) is 6.78. The molecule has 0 unspecified atom stereocenters. The van der Waals surface area contributed by atoms with Crippen LogP contribution in [0.3, 0.4) is 0 Å². The van der Waals surface area contributed by atoms with Gasteiger partial charge in [-0.2, -0.15) is 0 Å². The minimum absolute atomic E-state index is 0.0397. The molecule has 3 aromatic rings. The van der Waals surface area contributed by atoms with Gasteiger partial charge in [0.05, 0.1) is 17.2 Å². The zero-order valence-electron chi connectivity index (χ0n) is 25.6. The molecule has 1 atom stereocenters. The van der Waals surface area contributed by atoms with Crippen molar-refractivity contribution in [3.63, 3.8) is 0 Å². The molecule has 8 nitrogen and oxygen atoms in total. The highest BCUT2D eigenvalue weighted by Crippen LogP contribution is 2.27. The zero-order chi connectivity index (χ0) is 31.0. The van der Waals surface area contributed by atoms with Crippen LogP contribution in [0.1, 0.15) is 62.6 Å². The second kappa shape index (κ2) is 14.6. The van der Waals surface area contributed by atoms with Crippen LogP contribution in [-0.4, -0.2) is 50.4 Å². The maximum absolute atomic E-state index is 14.2. The SMILES string of the molecule is CCOc1ccc(S(=O)(=O)N(CC(=O)N(Cc2ccccc2C)[C@@H](C)C(=O)NC2CCCCC2)c2ccc(C)cc2)cc1. The Morgan fingerprint density at radius 2 is 1.58 bits per heavy atom. The average molecular weight is 606 g/mol. The maximum Gasteiger partial charge on any atom is 0.264 e. The van der Waals surface area contributed by atoms with Crippen LogP contribution in [0.15, 0.2) is 77.7 Å². The van der Waals surface area contributed by atoms with E-state index in [-0.39, 0.29) is 23.4 Å². The van der Waals surface area contributed by atoms with Gasteiger partial charge < -0.3 is 15.0 Å². The Kier molecular flexibility index (Phi) is 10.9. The molecule has 0 spiro atoms. The molecule has 230 valence electrons. The number of benzene rings is 3. The summed E-state index contributed by atoms with van der Waals surface area (Å²) in [6.07, 6.45) is 5.15. The summed E-state index contributed by atoms with van der Waals surface area (Å²) < 4.78 is 34.7. The number of carbonyl (C=O) groups excluding carboxylic acids is 2. The number of anilines is 1. The second-order valence-corrected chi connectivity index (χ2v) is 13.1. The predicted molar refractivity (Wildman–Crippen MR) is 170 cm³/mol. The molecule has 0 heterocycles. The van der Waals surface area contributed by atoms with Crippen molar-refractivity contribution in [3.8, 4) is 5.75 Å². The van der Waals surface area contributed by atoms with E-state index in [1.165, 1.54) is 17.0 Å². The number of sulfonamides is 1. The number of rotatable bonds is 12. The van der Waals surface area contributed by atoms with Gasteiger partial charge in [-0.15, -0.1) is 0 Å². The van der Waals surface area contributed by atoms with Crippen LogP contribution in [0.2, 0.25) is 0 Å². The van der Waals surface area contributed by atoms with Gasteiger partial charge in [0.2, 0.25) is 11.8 Å². The van der Waals surface area contributed by atoms with Gasteiger partial charge >= 0.3 is 0 Å². The lowest BCUT2D eigenvalue weighted by atomic mass is 9.95. The predicted octanol–water partition coefficient (Wildman–Crippen LogP) is 5.76. The number of nitrogens with zero attached hydrogens (tertiary/aromatic N) is 2. The van der Waals surface area contributed by atoms with Crippen LogP contribution in [0.5, 0.6) is 5.75 Å². The summed E-state index contributed by atoms with van der Waals surface area (Å²) in [7, 11) is -4.15. The normalized spacial score (nSPS) is 14.5. The number of hydrogen-bond donors (Lipinski definition) is 1. The zero-order valence-corrected chi connectivity index (χ0v) is 26.4. The van der Waals surface area contributed by atoms with Gasteiger partial charge in [0, 0.05) is 12.6 Å². The fourth-order valence-electron chi connectivity index (χ4n) is 5.36. The third-order valence-electron chi connectivity index (χ3n) is 8.04. The van der Waals surface area contributed by atoms with Gasteiger partial charge in [0.15, 0.2) is 0 Å². The first-order valence-corrected chi connectivity index (χ1v) is 16.5. The number of ether oxygens (including phenoxy) is 1. The Hall–Kier alpha value is -3.85. The van der Waals surface area contributed by atoms with Crippen LogP contribution in [0.4, 0.5) is 5.69 Å². The average Bonchev–Trinajstić information content (AvgIpc) is 3.00. The van der Waals surface area contributed by atoms with Crippen LogP contribution in [0, 0.1) is 13.8 Å². The summed E-state index contributed by atoms with van der Waals surface area (Å²) in [6, 6.07) is 20.2. The standard InChI is InChI=1S/C34H43N3O5S/c1-5-42-31-19-21-32(22-20-31)43(40,41)37(30-17-15-25(2)16-18-30)24-33(38)36(23-28-12-10-9-11-26(28)3)27(4)34(39)35-29-13-7-6-8-14-29/h9-12,15-22,27,29H,5-8,13-14,23-24H2,1-4H3,(H,35,39)/t27-/m0/s1. The molecule has 2 amide bonds. The van der Waals surface area contributed by atoms with Gasteiger partial charge in [-0.05, 0) is 88.1 Å². The summed E-state index contributed by atoms with van der Waals surface area (Å²) in [4.78, 5) is 29.2. The Balaban J connectivity index is 1.67. The minimum Gasteiger partial charge on any atom is -0.494 e. The molecule has 0 aliphatic heterocycles. The molecule has 9 heteroatoms. The van der Waals surface area contributed by atoms with E-state index in [9.17, 15) is 18.0 Å². The number of nitrogens with one attached hydrogen (secondary N) is 1. The highest BCUT2D eigenvalue weighted by Gasteiger charge is 2.33. The van der Waals surface area contributed by atoms with Crippen molar-refractivity contribution >= 4 is 27.5 Å². The van der Waals surface area contributed by atoms with Crippen molar-refractivity contribution in [1.82, 2.24) is 10.2 Å². The highest BCUT2D eigenvalue weighted by atomic mass is 32.2. The molecule has 4 rings (SSSR count). The second-order valence-electron chi connectivity index (χ2n) is 11.2. The summed E-state index contributed by atoms with van der Waals surface area (Å²) in [5.41, 5.74) is 3.20. The highest BCUT2D eigenvalue weighted by molar-refractivity contribution is 7.92. The molecule has 1 N–H and O–H groups in total. The van der Waals surface area contributed by atoms with E-state index in [4.69, 9.17) is 4.74 Å². The first-order chi connectivity index (χ1) is 20.6. The lowest BCUT2D eigenvalue weighted by Crippen LogP contribution is -2.53. The molecule has 1 aliphatic carbocycles. The van der Waals surface area contributed by atoms with E-state index < -0.39 is 28.5 Å². The van der Waals surface area contributed by atoms with Crippen molar-refractivity contribution in [3.05, 3.63) is 89.5 Å². The smallest absolute Gasteiger partial charge is 0.264 e. The Labute approximate surface area is 256 Å². The van der Waals surface area contributed by atoms with E-state index >= 15 is 0 Å². The first kappa shape index (κ1) is 32.1. The van der Waals surface area contributed by atoms with E-state index in [0.717, 1.165) is 53.1 Å². The summed E-state index contributed by atoms with van der Waals surface area (Å²) >= 11 is 0. The fraction of sp³-hybridized carbons (Fsp3) is 0.412. The largest absolute Gasteiger partial charge is 0.494 e. The van der Waals surface area contributed by atoms with Gasteiger partial charge in [0.25, 0.3) is 10.0 Å². The van der Waals surface area contributed by atoms with Crippen molar-refractivity contribution in [1.29, 1.82) is 0 Å². The van der Waals surface area contributed by atoms with Crippen molar-refractivity contribution in [2.24, 2.45) is 0 Å². The summed E-state index contributed by atoms with van der Waals surface area (Å²) in [5, 5.41) is 3.14.